The van der Waals surface area contributed by atoms with E-state index in [2.05, 4.69) is 15.7 Å². The molecule has 1 aromatic carbocycles. The van der Waals surface area contributed by atoms with Crippen molar-refractivity contribution in [2.75, 3.05) is 19.0 Å². The summed E-state index contributed by atoms with van der Waals surface area (Å²) in [5, 5.41) is 10.1. The molecule has 0 radical (unpaired) electrons. The van der Waals surface area contributed by atoms with Gasteiger partial charge in [-0.05, 0) is 62.4 Å². The van der Waals surface area contributed by atoms with Crippen LogP contribution in [0.25, 0.3) is 5.69 Å². The van der Waals surface area contributed by atoms with Crippen molar-refractivity contribution in [2.45, 2.75) is 32.6 Å². The Balaban J connectivity index is 1.64. The van der Waals surface area contributed by atoms with E-state index in [0.717, 1.165) is 41.9 Å². The molecular weight excluding hydrogens is 428 g/mol. The number of thiophene rings is 1. The third-order valence-electron chi connectivity index (χ3n) is 5.29. The lowest BCUT2D eigenvalue weighted by atomic mass is 9.95. The molecule has 0 saturated heterocycles. The highest BCUT2D eigenvalue weighted by Gasteiger charge is 2.26. The van der Waals surface area contributed by atoms with Crippen LogP contribution in [0.5, 0.6) is 5.75 Å². The lowest BCUT2D eigenvalue weighted by molar-refractivity contribution is 0.0963. The van der Waals surface area contributed by atoms with E-state index < -0.39 is 11.3 Å². The number of hydrogen-bond donors (Lipinski definition) is 2. The molecule has 4 rings (SSSR count). The van der Waals surface area contributed by atoms with Crippen LogP contribution in [-0.2, 0) is 12.8 Å². The number of aromatic nitrogens is 2. The van der Waals surface area contributed by atoms with Gasteiger partial charge in [0.1, 0.15) is 10.8 Å². The monoisotopic (exact) mass is 452 g/mol. The van der Waals surface area contributed by atoms with Crippen molar-refractivity contribution in [2.24, 2.45) is 0 Å². The van der Waals surface area contributed by atoms with E-state index in [-0.39, 0.29) is 11.6 Å². The van der Waals surface area contributed by atoms with Gasteiger partial charge in [0, 0.05) is 24.2 Å². The maximum absolute atomic E-state index is 13.0. The molecule has 166 valence electrons. The lowest BCUT2D eigenvalue weighted by Crippen LogP contribution is -2.27. The van der Waals surface area contributed by atoms with E-state index >= 15 is 0 Å². The molecular formula is C23H24N4O4S. The number of aryl methyl sites for hydroxylation is 1. The number of amides is 2. The average molecular weight is 453 g/mol. The summed E-state index contributed by atoms with van der Waals surface area (Å²) in [6.45, 7) is 2.46. The largest absolute Gasteiger partial charge is 0.494 e. The normalized spacial score (nSPS) is 12.7. The van der Waals surface area contributed by atoms with Gasteiger partial charge in [0.05, 0.1) is 17.9 Å². The second kappa shape index (κ2) is 9.35. The minimum Gasteiger partial charge on any atom is -0.494 e. The van der Waals surface area contributed by atoms with E-state index in [1.807, 2.05) is 6.92 Å². The van der Waals surface area contributed by atoms with Crippen LogP contribution in [-0.4, -0.2) is 35.2 Å². The van der Waals surface area contributed by atoms with Gasteiger partial charge in [0.15, 0.2) is 5.69 Å². The number of nitrogens with one attached hydrogen (secondary N) is 2. The van der Waals surface area contributed by atoms with Crippen LogP contribution in [0.1, 0.15) is 51.1 Å². The highest BCUT2D eigenvalue weighted by molar-refractivity contribution is 7.17. The van der Waals surface area contributed by atoms with Crippen LogP contribution in [0.2, 0.25) is 0 Å². The predicted molar refractivity (Wildman–Crippen MR) is 123 cm³/mol. The highest BCUT2D eigenvalue weighted by Crippen LogP contribution is 2.38. The number of carbonyl (C=O) groups is 2. The number of anilines is 1. The fourth-order valence-electron chi connectivity index (χ4n) is 3.75. The van der Waals surface area contributed by atoms with Crippen LogP contribution in [0, 0.1) is 0 Å². The molecule has 2 N–H and O–H groups in total. The zero-order valence-corrected chi connectivity index (χ0v) is 18.8. The highest BCUT2D eigenvalue weighted by atomic mass is 32.1. The van der Waals surface area contributed by atoms with Gasteiger partial charge in [0.2, 0.25) is 5.43 Å². The van der Waals surface area contributed by atoms with Gasteiger partial charge < -0.3 is 15.4 Å². The molecule has 1 aliphatic rings. The summed E-state index contributed by atoms with van der Waals surface area (Å²) in [5.41, 5.74) is 1.43. The van der Waals surface area contributed by atoms with Gasteiger partial charge in [-0.15, -0.1) is 11.3 Å². The number of hydrogen-bond acceptors (Lipinski definition) is 6. The van der Waals surface area contributed by atoms with Crippen LogP contribution >= 0.6 is 11.3 Å². The van der Waals surface area contributed by atoms with E-state index in [1.165, 1.54) is 28.3 Å². The topological polar surface area (TPSA) is 102 Å². The van der Waals surface area contributed by atoms with Crippen molar-refractivity contribution in [3.05, 3.63) is 68.4 Å². The van der Waals surface area contributed by atoms with Crippen molar-refractivity contribution >= 4 is 28.2 Å². The number of benzene rings is 1. The lowest BCUT2D eigenvalue weighted by Gasteiger charge is -2.12. The third-order valence-corrected chi connectivity index (χ3v) is 6.50. The summed E-state index contributed by atoms with van der Waals surface area (Å²) >= 11 is 1.40. The molecule has 0 aliphatic heterocycles. The Kier molecular flexibility index (Phi) is 6.36. The Morgan fingerprint density at radius 3 is 2.59 bits per heavy atom. The molecule has 3 aromatic rings. The van der Waals surface area contributed by atoms with Crippen molar-refractivity contribution in [1.82, 2.24) is 15.1 Å². The molecule has 0 fully saturated rings. The summed E-state index contributed by atoms with van der Waals surface area (Å²) in [6, 6.07) is 8.48. The number of ether oxygens (including phenoxy) is 1. The first kappa shape index (κ1) is 21.8. The summed E-state index contributed by atoms with van der Waals surface area (Å²) < 4.78 is 6.91. The summed E-state index contributed by atoms with van der Waals surface area (Å²) in [4.78, 5) is 39.0. The van der Waals surface area contributed by atoms with Gasteiger partial charge in [0.25, 0.3) is 11.8 Å². The third kappa shape index (κ3) is 4.29. The summed E-state index contributed by atoms with van der Waals surface area (Å²) in [6.07, 6.45) is 5.26. The molecule has 2 heterocycles. The summed E-state index contributed by atoms with van der Waals surface area (Å²) in [5.74, 6) is -0.162. The van der Waals surface area contributed by atoms with Crippen LogP contribution in [0.15, 0.2) is 41.3 Å². The molecule has 0 saturated carbocycles. The molecule has 0 atom stereocenters. The Morgan fingerprint density at radius 1 is 1.12 bits per heavy atom. The maximum atomic E-state index is 13.0. The minimum atomic E-state index is -0.640. The number of fused-ring (bicyclic) bond motifs is 1. The molecule has 2 amide bonds. The van der Waals surface area contributed by atoms with Gasteiger partial charge in [-0.25, -0.2) is 4.68 Å². The number of rotatable bonds is 6. The minimum absolute atomic E-state index is 0.240. The van der Waals surface area contributed by atoms with Gasteiger partial charge in [-0.2, -0.15) is 5.10 Å². The van der Waals surface area contributed by atoms with Crippen LogP contribution < -0.4 is 20.8 Å². The van der Waals surface area contributed by atoms with E-state index in [1.54, 1.807) is 31.3 Å². The van der Waals surface area contributed by atoms with Crippen molar-refractivity contribution in [1.29, 1.82) is 0 Å². The van der Waals surface area contributed by atoms with Gasteiger partial charge >= 0.3 is 0 Å². The van der Waals surface area contributed by atoms with Crippen molar-refractivity contribution in [3.63, 3.8) is 0 Å². The van der Waals surface area contributed by atoms with Crippen LogP contribution in [0.3, 0.4) is 0 Å². The smallest absolute Gasteiger partial charge is 0.280 e. The molecule has 0 spiro atoms. The SMILES string of the molecule is CCOc1ccc(-n2ccc(=O)c(C(=O)Nc3sc4c(c3C(=O)NC)CCCC4)n2)cc1. The van der Waals surface area contributed by atoms with Gasteiger partial charge in [-0.3, -0.25) is 14.4 Å². The molecule has 9 heteroatoms. The first-order valence-electron chi connectivity index (χ1n) is 10.5. The van der Waals surface area contributed by atoms with Crippen molar-refractivity contribution < 1.29 is 14.3 Å². The molecule has 0 unspecified atom stereocenters. The van der Waals surface area contributed by atoms with Gasteiger partial charge in [-0.1, -0.05) is 0 Å². The van der Waals surface area contributed by atoms with E-state index in [9.17, 15) is 14.4 Å². The number of carbonyl (C=O) groups excluding carboxylic acids is 2. The second-order valence-electron chi connectivity index (χ2n) is 7.35. The zero-order chi connectivity index (χ0) is 22.7. The zero-order valence-electron chi connectivity index (χ0n) is 17.9. The standard InChI is InChI=1S/C23H24N4O4S/c1-3-31-15-10-8-14(9-11-15)27-13-12-17(28)20(26-27)22(30)25-23-19(21(29)24-2)16-6-4-5-7-18(16)32-23/h8-13H,3-7H2,1-2H3,(H,24,29)(H,25,30). The van der Waals surface area contributed by atoms with Crippen LogP contribution in [0.4, 0.5) is 5.00 Å². The number of nitrogens with zero attached hydrogens (tertiary/aromatic N) is 2. The molecule has 8 nitrogen and oxygen atoms in total. The van der Waals surface area contributed by atoms with Crippen molar-refractivity contribution in [3.8, 4) is 11.4 Å². The second-order valence-corrected chi connectivity index (χ2v) is 8.45. The first-order valence-corrected chi connectivity index (χ1v) is 11.3. The van der Waals surface area contributed by atoms with E-state index in [0.29, 0.717) is 22.9 Å². The van der Waals surface area contributed by atoms with E-state index in [4.69, 9.17) is 4.74 Å². The quantitative estimate of drug-likeness (QED) is 0.598. The Hall–Kier alpha value is -3.46. The Labute approximate surface area is 189 Å². The fourth-order valence-corrected chi connectivity index (χ4v) is 5.03. The summed E-state index contributed by atoms with van der Waals surface area (Å²) in [7, 11) is 1.56. The maximum Gasteiger partial charge on any atom is 0.280 e. The predicted octanol–water partition coefficient (Wildman–Crippen LogP) is 3.18. The molecule has 32 heavy (non-hydrogen) atoms. The average Bonchev–Trinajstić information content (AvgIpc) is 3.17. The molecule has 0 bridgehead atoms. The fraction of sp³-hybridized carbons (Fsp3) is 0.304. The Morgan fingerprint density at radius 2 is 1.88 bits per heavy atom. The molecule has 1 aliphatic carbocycles. The first-order chi connectivity index (χ1) is 15.5. The Bertz CT molecular complexity index is 1210. The molecule has 2 aromatic heterocycles.